The number of ether oxygens (including phenoxy) is 1. The molecule has 4 rings (SSSR count). The smallest absolute Gasteiger partial charge is 0.291 e. The highest BCUT2D eigenvalue weighted by Crippen LogP contribution is 2.23. The van der Waals surface area contributed by atoms with Gasteiger partial charge in [-0.25, -0.2) is 13.2 Å². The predicted molar refractivity (Wildman–Crippen MR) is 115 cm³/mol. The lowest BCUT2D eigenvalue weighted by Gasteiger charge is -2.07. The van der Waals surface area contributed by atoms with E-state index in [2.05, 4.69) is 10.4 Å². The minimum atomic E-state index is -0.835. The summed E-state index contributed by atoms with van der Waals surface area (Å²) in [5, 5.41) is 7.16. The number of anilines is 1. The molecule has 33 heavy (non-hydrogen) atoms. The molecular formula is C24H20F3N3O3. The van der Waals surface area contributed by atoms with Crippen LogP contribution in [0.15, 0.2) is 59.0 Å². The average Bonchev–Trinajstić information content (AvgIpc) is 3.35. The lowest BCUT2D eigenvalue weighted by Crippen LogP contribution is -2.12. The van der Waals surface area contributed by atoms with Crippen LogP contribution in [-0.2, 0) is 13.2 Å². The molecule has 0 spiro atoms. The van der Waals surface area contributed by atoms with Gasteiger partial charge < -0.3 is 14.5 Å². The molecule has 0 bridgehead atoms. The van der Waals surface area contributed by atoms with Crippen LogP contribution in [0.1, 0.15) is 33.3 Å². The maximum atomic E-state index is 14.0. The topological polar surface area (TPSA) is 69.3 Å². The molecule has 6 nitrogen and oxygen atoms in total. The third-order valence-electron chi connectivity index (χ3n) is 5.05. The van der Waals surface area contributed by atoms with Crippen LogP contribution in [0.2, 0.25) is 0 Å². The number of furan rings is 1. The SMILES string of the molecule is Cc1nn(Cc2ccccc2F)c(C)c1NC(=O)c1ccc(COc2ccc(F)cc2F)o1. The minimum absolute atomic E-state index is 0.0221. The number of halogens is 3. The summed E-state index contributed by atoms with van der Waals surface area (Å²) in [4.78, 5) is 12.7. The quantitative estimate of drug-likeness (QED) is 0.406. The van der Waals surface area contributed by atoms with Crippen molar-refractivity contribution < 1.29 is 27.1 Å². The minimum Gasteiger partial charge on any atom is -0.483 e. The van der Waals surface area contributed by atoms with Crippen molar-refractivity contribution in [3.05, 3.63) is 101 Å². The normalized spacial score (nSPS) is 10.9. The Morgan fingerprint density at radius 2 is 1.85 bits per heavy atom. The number of carbonyl (C=O) groups is 1. The second-order valence-electron chi connectivity index (χ2n) is 7.38. The van der Waals surface area contributed by atoms with E-state index in [-0.39, 0.29) is 36.2 Å². The third kappa shape index (κ3) is 4.92. The Morgan fingerprint density at radius 3 is 2.61 bits per heavy atom. The van der Waals surface area contributed by atoms with E-state index in [0.29, 0.717) is 28.7 Å². The number of benzene rings is 2. The van der Waals surface area contributed by atoms with Gasteiger partial charge in [0.2, 0.25) is 0 Å². The molecule has 0 atom stereocenters. The molecule has 1 N–H and O–H groups in total. The Morgan fingerprint density at radius 1 is 1.06 bits per heavy atom. The Kier molecular flexibility index (Phi) is 6.21. The van der Waals surface area contributed by atoms with Crippen LogP contribution < -0.4 is 10.1 Å². The van der Waals surface area contributed by atoms with Crippen LogP contribution in [0.4, 0.5) is 18.9 Å². The zero-order chi connectivity index (χ0) is 23.5. The van der Waals surface area contributed by atoms with Gasteiger partial charge >= 0.3 is 0 Å². The fraction of sp³-hybridized carbons (Fsp3) is 0.167. The van der Waals surface area contributed by atoms with Crippen molar-refractivity contribution in [3.8, 4) is 5.75 Å². The van der Waals surface area contributed by atoms with Gasteiger partial charge in [0.05, 0.1) is 23.6 Å². The summed E-state index contributed by atoms with van der Waals surface area (Å²) in [7, 11) is 0. The van der Waals surface area contributed by atoms with Crippen LogP contribution in [-0.4, -0.2) is 15.7 Å². The highest BCUT2D eigenvalue weighted by atomic mass is 19.1. The van der Waals surface area contributed by atoms with Gasteiger partial charge in [0, 0.05) is 11.6 Å². The van der Waals surface area contributed by atoms with Crippen molar-refractivity contribution in [2.75, 3.05) is 5.32 Å². The summed E-state index contributed by atoms with van der Waals surface area (Å²) in [5.74, 6) is -2.21. The van der Waals surface area contributed by atoms with E-state index in [4.69, 9.17) is 9.15 Å². The summed E-state index contributed by atoms with van der Waals surface area (Å²) in [6, 6.07) is 12.4. The maximum Gasteiger partial charge on any atom is 0.291 e. The first-order valence-corrected chi connectivity index (χ1v) is 10.1. The van der Waals surface area contributed by atoms with Gasteiger partial charge in [0.1, 0.15) is 24.0 Å². The van der Waals surface area contributed by atoms with Crippen molar-refractivity contribution in [2.45, 2.75) is 27.0 Å². The molecule has 0 saturated heterocycles. The summed E-state index contributed by atoms with van der Waals surface area (Å²) < 4.78 is 53.0. The Balaban J connectivity index is 1.43. The molecule has 0 aliphatic heterocycles. The second-order valence-corrected chi connectivity index (χ2v) is 7.38. The zero-order valence-corrected chi connectivity index (χ0v) is 17.9. The molecule has 0 saturated carbocycles. The monoisotopic (exact) mass is 455 g/mol. The van der Waals surface area contributed by atoms with Gasteiger partial charge in [-0.1, -0.05) is 18.2 Å². The highest BCUT2D eigenvalue weighted by Gasteiger charge is 2.18. The van der Waals surface area contributed by atoms with E-state index in [1.165, 1.54) is 24.3 Å². The van der Waals surface area contributed by atoms with E-state index in [1.807, 2.05) is 0 Å². The van der Waals surface area contributed by atoms with Gasteiger partial charge in [-0.2, -0.15) is 5.10 Å². The summed E-state index contributed by atoms with van der Waals surface area (Å²) in [6.07, 6.45) is 0. The molecule has 9 heteroatoms. The van der Waals surface area contributed by atoms with E-state index in [9.17, 15) is 18.0 Å². The third-order valence-corrected chi connectivity index (χ3v) is 5.05. The van der Waals surface area contributed by atoms with Gasteiger partial charge in [-0.05, 0) is 44.2 Å². The van der Waals surface area contributed by atoms with Crippen LogP contribution in [0, 0.1) is 31.3 Å². The van der Waals surface area contributed by atoms with E-state index in [1.54, 1.807) is 36.7 Å². The molecule has 2 heterocycles. The molecular weight excluding hydrogens is 435 g/mol. The first kappa shape index (κ1) is 22.2. The lowest BCUT2D eigenvalue weighted by molar-refractivity contribution is 0.0992. The molecule has 2 aromatic heterocycles. The maximum absolute atomic E-state index is 14.0. The van der Waals surface area contributed by atoms with Gasteiger partial charge in [0.25, 0.3) is 5.91 Å². The van der Waals surface area contributed by atoms with Crippen LogP contribution in [0.25, 0.3) is 0 Å². The number of hydrogen-bond acceptors (Lipinski definition) is 4. The largest absolute Gasteiger partial charge is 0.483 e. The van der Waals surface area contributed by atoms with Crippen molar-refractivity contribution in [1.82, 2.24) is 9.78 Å². The molecule has 0 fully saturated rings. The van der Waals surface area contributed by atoms with E-state index in [0.717, 1.165) is 6.07 Å². The number of nitrogens with zero attached hydrogens (tertiary/aromatic N) is 2. The van der Waals surface area contributed by atoms with Gasteiger partial charge in [-0.3, -0.25) is 9.48 Å². The molecule has 170 valence electrons. The molecule has 0 unspecified atom stereocenters. The molecule has 0 aliphatic carbocycles. The second kappa shape index (κ2) is 9.23. The van der Waals surface area contributed by atoms with Gasteiger partial charge in [-0.15, -0.1) is 0 Å². The first-order valence-electron chi connectivity index (χ1n) is 10.1. The predicted octanol–water partition coefficient (Wildman–Crippen LogP) is 5.39. The standard InChI is InChI=1S/C24H20F3N3O3/c1-14-23(15(2)30(29-14)12-16-5-3-4-6-19(16)26)28-24(31)22-10-8-18(33-22)13-32-21-9-7-17(25)11-20(21)27/h3-11H,12-13H2,1-2H3,(H,28,31). The highest BCUT2D eigenvalue weighted by molar-refractivity contribution is 6.02. The number of carbonyl (C=O) groups excluding carboxylic acids is 1. The van der Waals surface area contributed by atoms with E-state index < -0.39 is 17.5 Å². The van der Waals surface area contributed by atoms with Gasteiger partial charge in [0.15, 0.2) is 17.3 Å². The molecule has 1 amide bonds. The van der Waals surface area contributed by atoms with Crippen LogP contribution in [0.5, 0.6) is 5.75 Å². The average molecular weight is 455 g/mol. The molecule has 4 aromatic rings. The first-order chi connectivity index (χ1) is 15.8. The van der Waals surface area contributed by atoms with Crippen molar-refractivity contribution in [3.63, 3.8) is 0 Å². The Bertz CT molecular complexity index is 1310. The lowest BCUT2D eigenvalue weighted by atomic mass is 10.2. The van der Waals surface area contributed by atoms with Crippen LogP contribution in [0.3, 0.4) is 0 Å². The fourth-order valence-corrected chi connectivity index (χ4v) is 3.31. The number of aryl methyl sites for hydroxylation is 1. The van der Waals surface area contributed by atoms with Crippen LogP contribution >= 0.6 is 0 Å². The zero-order valence-electron chi connectivity index (χ0n) is 17.9. The molecule has 0 radical (unpaired) electrons. The summed E-state index contributed by atoms with van der Waals surface area (Å²) in [6.45, 7) is 3.58. The van der Waals surface area contributed by atoms with E-state index >= 15 is 0 Å². The molecule has 0 aliphatic rings. The summed E-state index contributed by atoms with van der Waals surface area (Å²) in [5.41, 5.74) is 2.21. The Hall–Kier alpha value is -4.01. The fourth-order valence-electron chi connectivity index (χ4n) is 3.31. The number of nitrogens with one attached hydrogen (secondary N) is 1. The number of amides is 1. The number of aromatic nitrogens is 2. The summed E-state index contributed by atoms with van der Waals surface area (Å²) >= 11 is 0. The number of hydrogen-bond donors (Lipinski definition) is 1. The van der Waals surface area contributed by atoms with Crippen molar-refractivity contribution in [2.24, 2.45) is 0 Å². The van der Waals surface area contributed by atoms with Crippen molar-refractivity contribution >= 4 is 11.6 Å². The van der Waals surface area contributed by atoms with Crippen molar-refractivity contribution in [1.29, 1.82) is 0 Å². The number of rotatable bonds is 7. The Labute approximate surface area is 187 Å². The molecule has 2 aromatic carbocycles.